The number of hydrogen-bond donors (Lipinski definition) is 0. The van der Waals surface area contributed by atoms with Crippen molar-refractivity contribution in [2.75, 3.05) is 6.61 Å². The molecule has 0 saturated carbocycles. The van der Waals surface area contributed by atoms with Crippen LogP contribution in [0.25, 0.3) is 0 Å². The molecule has 1 aromatic rings. The molecule has 0 aliphatic carbocycles. The van der Waals surface area contributed by atoms with E-state index in [0.29, 0.717) is 12.3 Å². The molecule has 0 amide bonds. The number of carbonyl (C=O) groups is 1. The number of rotatable bonds is 7. The molecule has 0 bridgehead atoms. The summed E-state index contributed by atoms with van der Waals surface area (Å²) in [5, 5.41) is 7.78. The molecule has 0 aromatic carbocycles. The van der Waals surface area contributed by atoms with E-state index in [1.165, 1.54) is 0 Å². The summed E-state index contributed by atoms with van der Waals surface area (Å²) in [5.74, 6) is -0.238. The van der Waals surface area contributed by atoms with E-state index >= 15 is 0 Å². The average molecular weight is 260 g/mol. The van der Waals surface area contributed by atoms with Crippen molar-refractivity contribution in [3.63, 3.8) is 0 Å². The van der Waals surface area contributed by atoms with E-state index in [-0.39, 0.29) is 11.6 Å². The lowest BCUT2D eigenvalue weighted by Crippen LogP contribution is -2.10. The predicted molar refractivity (Wildman–Crippen MR) is 65.1 cm³/mol. The third kappa shape index (κ3) is 3.70. The smallest absolute Gasteiger partial charge is 0.360 e. The van der Waals surface area contributed by atoms with Gasteiger partial charge in [-0.25, -0.2) is 9.48 Å². The number of aryl methyl sites for hydroxylation is 1. The summed E-state index contributed by atoms with van der Waals surface area (Å²) >= 11 is 5.83. The van der Waals surface area contributed by atoms with E-state index in [0.717, 1.165) is 25.8 Å². The van der Waals surface area contributed by atoms with E-state index in [9.17, 15) is 4.79 Å². The molecule has 0 saturated heterocycles. The third-order valence-corrected chi connectivity index (χ3v) is 2.66. The summed E-state index contributed by atoms with van der Waals surface area (Å²) in [6.45, 7) is 4.95. The second kappa shape index (κ2) is 7.27. The minimum atomic E-state index is -0.454. The molecule has 0 atom stereocenters. The highest BCUT2D eigenvalue weighted by Crippen LogP contribution is 2.11. The lowest BCUT2D eigenvalue weighted by molar-refractivity contribution is 0.0518. The van der Waals surface area contributed by atoms with Crippen LogP contribution in [0.1, 0.15) is 49.3 Å². The quantitative estimate of drug-likeness (QED) is 0.429. The average Bonchev–Trinajstić information content (AvgIpc) is 2.73. The molecule has 0 aliphatic rings. The SMILES string of the molecule is CCCCCn1nnc(C(=O)OCC)c1CCl. The van der Waals surface area contributed by atoms with Gasteiger partial charge in [0.05, 0.1) is 18.2 Å². The van der Waals surface area contributed by atoms with Gasteiger partial charge in [-0.05, 0) is 13.3 Å². The van der Waals surface area contributed by atoms with Crippen molar-refractivity contribution < 1.29 is 9.53 Å². The minimum Gasteiger partial charge on any atom is -0.461 e. The number of nitrogens with zero attached hydrogens (tertiary/aromatic N) is 3. The van der Waals surface area contributed by atoms with Crippen LogP contribution in [-0.2, 0) is 17.2 Å². The first-order chi connectivity index (χ1) is 8.24. The van der Waals surface area contributed by atoms with Crippen LogP contribution in [0.4, 0.5) is 0 Å². The van der Waals surface area contributed by atoms with E-state index in [1.54, 1.807) is 11.6 Å². The van der Waals surface area contributed by atoms with Crippen LogP contribution < -0.4 is 0 Å². The molecule has 0 N–H and O–H groups in total. The molecule has 5 nitrogen and oxygen atoms in total. The number of aromatic nitrogens is 3. The minimum absolute atomic E-state index is 0.216. The second-order valence-electron chi connectivity index (χ2n) is 3.67. The fourth-order valence-electron chi connectivity index (χ4n) is 1.51. The Morgan fingerprint density at radius 3 is 2.76 bits per heavy atom. The van der Waals surface area contributed by atoms with Crippen LogP contribution in [0.2, 0.25) is 0 Å². The van der Waals surface area contributed by atoms with Crippen LogP contribution in [0.3, 0.4) is 0 Å². The number of alkyl halides is 1. The highest BCUT2D eigenvalue weighted by atomic mass is 35.5. The molecule has 96 valence electrons. The van der Waals surface area contributed by atoms with Gasteiger partial charge in [0.25, 0.3) is 0 Å². The normalized spacial score (nSPS) is 10.5. The van der Waals surface area contributed by atoms with Crippen molar-refractivity contribution in [2.24, 2.45) is 0 Å². The zero-order valence-electron chi connectivity index (χ0n) is 10.3. The van der Waals surface area contributed by atoms with Crippen molar-refractivity contribution in [3.8, 4) is 0 Å². The lowest BCUT2D eigenvalue weighted by atomic mass is 10.2. The Kier molecular flexibility index (Phi) is 5.97. The first kappa shape index (κ1) is 14.0. The van der Waals surface area contributed by atoms with Crippen molar-refractivity contribution >= 4 is 17.6 Å². The van der Waals surface area contributed by atoms with E-state index in [2.05, 4.69) is 17.2 Å². The fourth-order valence-corrected chi connectivity index (χ4v) is 1.78. The summed E-state index contributed by atoms with van der Waals surface area (Å²) in [4.78, 5) is 11.6. The molecule has 0 aliphatic heterocycles. The Morgan fingerprint density at radius 2 is 2.18 bits per heavy atom. The Labute approximate surface area is 106 Å². The molecule has 0 radical (unpaired) electrons. The summed E-state index contributed by atoms with van der Waals surface area (Å²) in [6.07, 6.45) is 3.26. The van der Waals surface area contributed by atoms with Crippen molar-refractivity contribution in [3.05, 3.63) is 11.4 Å². The van der Waals surface area contributed by atoms with Gasteiger partial charge in [0.1, 0.15) is 0 Å². The number of carbonyl (C=O) groups excluding carboxylic acids is 1. The Hall–Kier alpha value is -1.10. The fraction of sp³-hybridized carbons (Fsp3) is 0.727. The standard InChI is InChI=1S/C11H18ClN3O2/c1-3-5-6-7-15-9(8-12)10(13-14-15)11(16)17-4-2/h3-8H2,1-2H3. The maximum Gasteiger partial charge on any atom is 0.360 e. The molecule has 6 heteroatoms. The van der Waals surface area contributed by atoms with Gasteiger partial charge < -0.3 is 4.74 Å². The second-order valence-corrected chi connectivity index (χ2v) is 3.94. The Morgan fingerprint density at radius 1 is 1.41 bits per heavy atom. The topological polar surface area (TPSA) is 57.0 Å². The zero-order valence-corrected chi connectivity index (χ0v) is 11.0. The van der Waals surface area contributed by atoms with Crippen LogP contribution >= 0.6 is 11.6 Å². The molecule has 17 heavy (non-hydrogen) atoms. The monoisotopic (exact) mass is 259 g/mol. The van der Waals surface area contributed by atoms with Gasteiger partial charge in [0, 0.05) is 6.54 Å². The van der Waals surface area contributed by atoms with Crippen molar-refractivity contribution in [1.29, 1.82) is 0 Å². The third-order valence-electron chi connectivity index (χ3n) is 2.41. The number of hydrogen-bond acceptors (Lipinski definition) is 4. The van der Waals surface area contributed by atoms with Gasteiger partial charge in [-0.3, -0.25) is 0 Å². The summed E-state index contributed by atoms with van der Waals surface area (Å²) < 4.78 is 6.59. The summed E-state index contributed by atoms with van der Waals surface area (Å²) in [6, 6.07) is 0. The first-order valence-electron chi connectivity index (χ1n) is 5.90. The number of esters is 1. The van der Waals surface area contributed by atoms with E-state index in [4.69, 9.17) is 16.3 Å². The maximum atomic E-state index is 11.6. The van der Waals surface area contributed by atoms with Gasteiger partial charge in [0.2, 0.25) is 0 Å². The van der Waals surface area contributed by atoms with Crippen LogP contribution in [-0.4, -0.2) is 27.6 Å². The van der Waals surface area contributed by atoms with Gasteiger partial charge in [-0.15, -0.1) is 16.7 Å². The van der Waals surface area contributed by atoms with E-state index < -0.39 is 5.97 Å². The Bertz CT molecular complexity index is 366. The molecule has 0 unspecified atom stereocenters. The van der Waals surface area contributed by atoms with Gasteiger partial charge in [-0.2, -0.15) is 0 Å². The number of ether oxygens (including phenoxy) is 1. The summed E-state index contributed by atoms with van der Waals surface area (Å²) in [5.41, 5.74) is 0.875. The number of unbranched alkanes of at least 4 members (excludes halogenated alkanes) is 2. The first-order valence-corrected chi connectivity index (χ1v) is 6.43. The highest BCUT2D eigenvalue weighted by Gasteiger charge is 2.19. The molecule has 1 aromatic heterocycles. The predicted octanol–water partition coefficient (Wildman–Crippen LogP) is 2.38. The molecular weight excluding hydrogens is 242 g/mol. The van der Waals surface area contributed by atoms with Gasteiger partial charge in [-0.1, -0.05) is 25.0 Å². The van der Waals surface area contributed by atoms with Crippen molar-refractivity contribution in [1.82, 2.24) is 15.0 Å². The summed E-state index contributed by atoms with van der Waals surface area (Å²) in [7, 11) is 0. The Balaban J connectivity index is 2.76. The largest absolute Gasteiger partial charge is 0.461 e. The van der Waals surface area contributed by atoms with Crippen LogP contribution in [0.15, 0.2) is 0 Å². The molecular formula is C11H18ClN3O2. The van der Waals surface area contributed by atoms with Crippen molar-refractivity contribution in [2.45, 2.75) is 45.5 Å². The number of halogens is 1. The molecule has 1 rings (SSSR count). The van der Waals surface area contributed by atoms with Crippen LogP contribution in [0, 0.1) is 0 Å². The van der Waals surface area contributed by atoms with Gasteiger partial charge in [0.15, 0.2) is 5.69 Å². The molecule has 0 fully saturated rings. The highest BCUT2D eigenvalue weighted by molar-refractivity contribution is 6.17. The van der Waals surface area contributed by atoms with Crippen LogP contribution in [0.5, 0.6) is 0 Å². The molecule has 1 heterocycles. The zero-order chi connectivity index (χ0) is 12.7. The maximum absolute atomic E-state index is 11.6. The van der Waals surface area contributed by atoms with Gasteiger partial charge >= 0.3 is 5.97 Å². The molecule has 0 spiro atoms. The van der Waals surface area contributed by atoms with E-state index in [1.807, 2.05) is 0 Å². The lowest BCUT2D eigenvalue weighted by Gasteiger charge is -2.04.